The maximum Gasteiger partial charge on any atom is 0.0785 e. The summed E-state index contributed by atoms with van der Waals surface area (Å²) in [7, 11) is 0. The van der Waals surface area contributed by atoms with Crippen molar-refractivity contribution in [3.63, 3.8) is 0 Å². The molecule has 18 heavy (non-hydrogen) atoms. The average Bonchev–Trinajstić information content (AvgIpc) is 2.37. The van der Waals surface area contributed by atoms with E-state index in [2.05, 4.69) is 4.99 Å². The number of hydrogen-bond donors (Lipinski definition) is 0. The molecule has 0 saturated carbocycles. The van der Waals surface area contributed by atoms with E-state index < -0.39 is 0 Å². The quantitative estimate of drug-likeness (QED) is 0.472. The first-order valence-electron chi connectivity index (χ1n) is 5.01. The Kier molecular flexibility index (Phi) is 4.52. The molecule has 0 unspecified atom stereocenters. The maximum atomic E-state index is 6.06. The Labute approximate surface area is 125 Å². The summed E-state index contributed by atoms with van der Waals surface area (Å²) in [6.45, 7) is 0. The normalized spacial score (nSPS) is 11.1. The van der Waals surface area contributed by atoms with Crippen LogP contribution in [0.25, 0.3) is 0 Å². The van der Waals surface area contributed by atoms with Crippen molar-refractivity contribution in [3.05, 3.63) is 62.1 Å². The van der Waals surface area contributed by atoms with Gasteiger partial charge in [0.05, 0.1) is 20.8 Å². The fourth-order valence-electron chi connectivity index (χ4n) is 1.31. The first-order valence-corrected chi connectivity index (χ1v) is 6.52. The number of rotatable bonds is 2. The molecule has 5 heteroatoms. The van der Waals surface area contributed by atoms with E-state index in [0.717, 1.165) is 5.69 Å². The summed E-state index contributed by atoms with van der Waals surface area (Å²) in [6, 6.07) is 10.6. The van der Waals surface area contributed by atoms with E-state index >= 15 is 0 Å². The molecule has 0 fully saturated rings. The highest BCUT2D eigenvalue weighted by Gasteiger charge is 2.06. The minimum Gasteiger partial charge on any atom is -0.256 e. The zero-order chi connectivity index (χ0) is 13.1. The van der Waals surface area contributed by atoms with Crippen LogP contribution in [-0.4, -0.2) is 6.21 Å². The number of aliphatic imine (C=N–C) groups is 1. The number of hydrogen-bond acceptors (Lipinski definition) is 1. The molecule has 0 aliphatic rings. The van der Waals surface area contributed by atoms with Gasteiger partial charge in [0, 0.05) is 16.8 Å². The van der Waals surface area contributed by atoms with Gasteiger partial charge in [0.25, 0.3) is 0 Å². The molecule has 0 saturated heterocycles. The molecule has 0 spiro atoms. The SMILES string of the molecule is Clc1ccc(N=Cc2ccc(Cl)c(Cl)c2Cl)cc1. The molecule has 0 amide bonds. The van der Waals surface area contributed by atoms with Gasteiger partial charge in [-0.1, -0.05) is 52.5 Å². The van der Waals surface area contributed by atoms with Gasteiger partial charge in [-0.05, 0) is 30.3 Å². The van der Waals surface area contributed by atoms with Gasteiger partial charge < -0.3 is 0 Å². The lowest BCUT2D eigenvalue weighted by Crippen LogP contribution is -1.84. The van der Waals surface area contributed by atoms with Crippen LogP contribution in [0.1, 0.15) is 5.56 Å². The lowest BCUT2D eigenvalue weighted by Gasteiger charge is -2.02. The second-order valence-electron chi connectivity index (χ2n) is 3.50. The summed E-state index contributed by atoms with van der Waals surface area (Å²) in [5.74, 6) is 0. The number of halogens is 4. The smallest absolute Gasteiger partial charge is 0.0785 e. The molecular formula is C13H7Cl4N. The molecule has 0 N–H and O–H groups in total. The van der Waals surface area contributed by atoms with E-state index in [-0.39, 0.29) is 0 Å². The van der Waals surface area contributed by atoms with Gasteiger partial charge in [-0.2, -0.15) is 0 Å². The zero-order valence-corrected chi connectivity index (χ0v) is 12.0. The maximum absolute atomic E-state index is 6.06. The third-order valence-electron chi connectivity index (χ3n) is 2.24. The Morgan fingerprint density at radius 2 is 1.44 bits per heavy atom. The molecule has 0 heterocycles. The van der Waals surface area contributed by atoms with Crippen molar-refractivity contribution >= 4 is 58.3 Å². The summed E-state index contributed by atoms with van der Waals surface area (Å²) < 4.78 is 0. The second kappa shape index (κ2) is 5.94. The average molecular weight is 319 g/mol. The second-order valence-corrected chi connectivity index (χ2v) is 5.10. The van der Waals surface area contributed by atoms with Gasteiger partial charge in [-0.15, -0.1) is 0 Å². The summed E-state index contributed by atoms with van der Waals surface area (Å²) in [4.78, 5) is 4.28. The molecular weight excluding hydrogens is 312 g/mol. The molecule has 0 aliphatic carbocycles. The van der Waals surface area contributed by atoms with Crippen molar-refractivity contribution in [2.75, 3.05) is 0 Å². The van der Waals surface area contributed by atoms with Gasteiger partial charge in [0.1, 0.15) is 0 Å². The molecule has 0 atom stereocenters. The van der Waals surface area contributed by atoms with Gasteiger partial charge in [-0.25, -0.2) is 0 Å². The first kappa shape index (κ1) is 13.7. The molecule has 2 aromatic rings. The minimum absolute atomic E-state index is 0.332. The largest absolute Gasteiger partial charge is 0.256 e. The predicted octanol–water partition coefficient (Wildman–Crippen LogP) is 6.05. The van der Waals surface area contributed by atoms with Crippen LogP contribution < -0.4 is 0 Å². The van der Waals surface area contributed by atoms with E-state index in [1.807, 2.05) is 12.1 Å². The Bertz CT molecular complexity index is 591. The van der Waals surface area contributed by atoms with Gasteiger partial charge in [-0.3, -0.25) is 4.99 Å². The fourth-order valence-corrected chi connectivity index (χ4v) is 2.03. The predicted molar refractivity (Wildman–Crippen MR) is 80.2 cm³/mol. The van der Waals surface area contributed by atoms with Crippen LogP contribution in [0, 0.1) is 0 Å². The lowest BCUT2D eigenvalue weighted by molar-refractivity contribution is 1.52. The van der Waals surface area contributed by atoms with Crippen LogP contribution in [-0.2, 0) is 0 Å². The summed E-state index contributed by atoms with van der Waals surface area (Å²) >= 11 is 23.6. The van der Waals surface area contributed by atoms with Gasteiger partial charge in [0.2, 0.25) is 0 Å². The Hall–Kier alpha value is -0.730. The van der Waals surface area contributed by atoms with Crippen LogP contribution in [0.2, 0.25) is 20.1 Å². The Morgan fingerprint density at radius 1 is 0.778 bits per heavy atom. The highest BCUT2D eigenvalue weighted by molar-refractivity contribution is 6.48. The topological polar surface area (TPSA) is 12.4 Å². The van der Waals surface area contributed by atoms with Crippen molar-refractivity contribution < 1.29 is 0 Å². The van der Waals surface area contributed by atoms with E-state index in [0.29, 0.717) is 25.7 Å². The van der Waals surface area contributed by atoms with Crippen LogP contribution >= 0.6 is 46.4 Å². The molecule has 0 aliphatic heterocycles. The van der Waals surface area contributed by atoms with E-state index in [1.54, 1.807) is 30.5 Å². The van der Waals surface area contributed by atoms with E-state index in [1.165, 1.54) is 0 Å². The third-order valence-corrected chi connectivity index (χ3v) is 3.80. The molecule has 2 rings (SSSR count). The van der Waals surface area contributed by atoms with Crippen LogP contribution in [0.5, 0.6) is 0 Å². The monoisotopic (exact) mass is 317 g/mol. The lowest BCUT2D eigenvalue weighted by atomic mass is 10.2. The molecule has 2 aromatic carbocycles. The zero-order valence-electron chi connectivity index (χ0n) is 9.00. The number of benzene rings is 2. The van der Waals surface area contributed by atoms with Crippen molar-refractivity contribution in [1.29, 1.82) is 0 Å². The highest BCUT2D eigenvalue weighted by atomic mass is 35.5. The summed E-state index contributed by atoms with van der Waals surface area (Å²) in [6.07, 6.45) is 1.63. The van der Waals surface area contributed by atoms with Gasteiger partial charge >= 0.3 is 0 Å². The summed E-state index contributed by atoms with van der Waals surface area (Å²) in [5.41, 5.74) is 1.49. The molecule has 1 nitrogen and oxygen atoms in total. The van der Waals surface area contributed by atoms with Crippen LogP contribution in [0.3, 0.4) is 0 Å². The van der Waals surface area contributed by atoms with Crippen LogP contribution in [0.4, 0.5) is 5.69 Å². The first-order chi connectivity index (χ1) is 8.58. The minimum atomic E-state index is 0.332. The molecule has 0 radical (unpaired) electrons. The summed E-state index contributed by atoms with van der Waals surface area (Å²) in [5, 5.41) is 1.81. The van der Waals surface area contributed by atoms with Crippen molar-refractivity contribution in [3.8, 4) is 0 Å². The fraction of sp³-hybridized carbons (Fsp3) is 0. The highest BCUT2D eigenvalue weighted by Crippen LogP contribution is 2.32. The van der Waals surface area contributed by atoms with Crippen molar-refractivity contribution in [2.24, 2.45) is 4.99 Å². The van der Waals surface area contributed by atoms with Crippen LogP contribution in [0.15, 0.2) is 41.4 Å². The molecule has 0 bridgehead atoms. The molecule has 92 valence electrons. The van der Waals surface area contributed by atoms with E-state index in [9.17, 15) is 0 Å². The standard InChI is InChI=1S/C13H7Cl4N/c14-9-2-4-10(5-3-9)18-7-8-1-6-11(15)13(17)12(8)16/h1-7H. The molecule has 0 aromatic heterocycles. The Balaban J connectivity index is 2.29. The number of nitrogens with zero attached hydrogens (tertiary/aromatic N) is 1. The van der Waals surface area contributed by atoms with E-state index in [4.69, 9.17) is 46.4 Å². The Morgan fingerprint density at radius 3 is 2.11 bits per heavy atom. The third kappa shape index (κ3) is 3.18. The van der Waals surface area contributed by atoms with Gasteiger partial charge in [0.15, 0.2) is 0 Å². The van der Waals surface area contributed by atoms with Crippen molar-refractivity contribution in [2.45, 2.75) is 0 Å². The van der Waals surface area contributed by atoms with Crippen molar-refractivity contribution in [1.82, 2.24) is 0 Å².